The van der Waals surface area contributed by atoms with Crippen LogP contribution in [-0.4, -0.2) is 15.0 Å². The molecule has 2 aromatic heterocycles. The van der Waals surface area contributed by atoms with E-state index in [-0.39, 0.29) is 0 Å². The zero-order valence-electron chi connectivity index (χ0n) is 22.9. The molecule has 0 bridgehead atoms. The average Bonchev–Trinajstić information content (AvgIpc) is 3.09. The van der Waals surface area contributed by atoms with Crippen LogP contribution >= 0.6 is 0 Å². The van der Waals surface area contributed by atoms with Crippen molar-refractivity contribution in [1.29, 1.82) is 0 Å². The van der Waals surface area contributed by atoms with E-state index in [0.29, 0.717) is 5.82 Å². The van der Waals surface area contributed by atoms with E-state index in [1.165, 1.54) is 27.8 Å². The standard InChI is InChI=1S/C39H27N3/c1-3-9-28(10-4-1)30-17-19-31(20-18-30)37-27-38(42-39(41-37)32-21-23-40-24-22-32)36-16-8-15-35(26-36)34-14-7-13-33(25-34)29-11-5-2-6-12-29/h1-27H. The molecular formula is C39H27N3. The maximum Gasteiger partial charge on any atom is 0.160 e. The van der Waals surface area contributed by atoms with Crippen LogP contribution < -0.4 is 0 Å². The first kappa shape index (κ1) is 25.3. The summed E-state index contributed by atoms with van der Waals surface area (Å²) in [4.78, 5) is 14.2. The molecule has 0 saturated heterocycles. The van der Waals surface area contributed by atoms with Crippen LogP contribution in [0.4, 0.5) is 0 Å². The summed E-state index contributed by atoms with van der Waals surface area (Å²) in [5.74, 6) is 0.675. The molecule has 0 saturated carbocycles. The van der Waals surface area contributed by atoms with Crippen LogP contribution in [0.2, 0.25) is 0 Å². The lowest BCUT2D eigenvalue weighted by atomic mass is 9.97. The van der Waals surface area contributed by atoms with E-state index in [1.54, 1.807) is 12.4 Å². The number of nitrogens with zero attached hydrogens (tertiary/aromatic N) is 3. The summed E-state index contributed by atoms with van der Waals surface area (Å²) in [7, 11) is 0. The topological polar surface area (TPSA) is 38.7 Å². The van der Waals surface area contributed by atoms with Gasteiger partial charge in [0.15, 0.2) is 5.82 Å². The van der Waals surface area contributed by atoms with Crippen molar-refractivity contribution in [2.24, 2.45) is 0 Å². The van der Waals surface area contributed by atoms with Crippen molar-refractivity contribution in [3.63, 3.8) is 0 Å². The minimum absolute atomic E-state index is 0.675. The van der Waals surface area contributed by atoms with Crippen molar-refractivity contribution in [3.05, 3.63) is 164 Å². The van der Waals surface area contributed by atoms with Crippen LogP contribution in [0.25, 0.3) is 67.3 Å². The lowest BCUT2D eigenvalue weighted by molar-refractivity contribution is 1.18. The molecule has 198 valence electrons. The van der Waals surface area contributed by atoms with Crippen LogP contribution in [-0.2, 0) is 0 Å². The smallest absolute Gasteiger partial charge is 0.160 e. The molecule has 3 heteroatoms. The van der Waals surface area contributed by atoms with Crippen LogP contribution in [0.1, 0.15) is 0 Å². The second-order valence-electron chi connectivity index (χ2n) is 10.2. The fourth-order valence-electron chi connectivity index (χ4n) is 5.20. The summed E-state index contributed by atoms with van der Waals surface area (Å²) in [5.41, 5.74) is 11.8. The lowest BCUT2D eigenvalue weighted by Gasteiger charge is -2.11. The zero-order valence-corrected chi connectivity index (χ0v) is 22.9. The Hall–Kier alpha value is -5.67. The van der Waals surface area contributed by atoms with Crippen LogP contribution in [0.5, 0.6) is 0 Å². The Labute approximate surface area is 245 Å². The van der Waals surface area contributed by atoms with Crippen molar-refractivity contribution in [3.8, 4) is 67.3 Å². The van der Waals surface area contributed by atoms with Gasteiger partial charge in [0.2, 0.25) is 0 Å². The molecule has 0 aliphatic rings. The molecule has 42 heavy (non-hydrogen) atoms. The number of benzene rings is 5. The Balaban J connectivity index is 1.30. The van der Waals surface area contributed by atoms with Gasteiger partial charge in [0.25, 0.3) is 0 Å². The molecular weight excluding hydrogens is 510 g/mol. The Morgan fingerprint density at radius 3 is 1.33 bits per heavy atom. The highest BCUT2D eigenvalue weighted by Crippen LogP contribution is 2.32. The number of hydrogen-bond donors (Lipinski definition) is 0. The maximum atomic E-state index is 5.03. The normalized spacial score (nSPS) is 10.9. The molecule has 0 unspecified atom stereocenters. The average molecular weight is 538 g/mol. The van der Waals surface area contributed by atoms with Crippen molar-refractivity contribution < 1.29 is 0 Å². The Morgan fingerprint density at radius 1 is 0.286 bits per heavy atom. The van der Waals surface area contributed by atoms with Crippen LogP contribution in [0.3, 0.4) is 0 Å². The Morgan fingerprint density at radius 2 is 0.714 bits per heavy atom. The molecule has 3 nitrogen and oxygen atoms in total. The molecule has 5 aromatic carbocycles. The van der Waals surface area contributed by atoms with E-state index in [0.717, 1.165) is 33.6 Å². The first-order valence-electron chi connectivity index (χ1n) is 14.0. The van der Waals surface area contributed by atoms with Crippen molar-refractivity contribution >= 4 is 0 Å². The van der Waals surface area contributed by atoms with Gasteiger partial charge in [0, 0.05) is 29.1 Å². The molecule has 7 rings (SSSR count). The van der Waals surface area contributed by atoms with E-state index in [9.17, 15) is 0 Å². The fourth-order valence-corrected chi connectivity index (χ4v) is 5.20. The van der Waals surface area contributed by atoms with E-state index >= 15 is 0 Å². The SMILES string of the molecule is c1ccc(-c2ccc(-c3cc(-c4cccc(-c5cccc(-c6ccccc6)c5)c4)nc(-c4ccncc4)n3)cc2)cc1. The third-order valence-electron chi connectivity index (χ3n) is 7.41. The summed E-state index contributed by atoms with van der Waals surface area (Å²) < 4.78 is 0. The molecule has 0 amide bonds. The third-order valence-corrected chi connectivity index (χ3v) is 7.41. The van der Waals surface area contributed by atoms with E-state index < -0.39 is 0 Å². The Kier molecular flexibility index (Phi) is 6.89. The van der Waals surface area contributed by atoms with Crippen LogP contribution in [0, 0.1) is 0 Å². The summed E-state index contributed by atoms with van der Waals surface area (Å²) in [6.07, 6.45) is 3.56. The number of pyridine rings is 1. The lowest BCUT2D eigenvalue weighted by Crippen LogP contribution is -1.96. The quantitative estimate of drug-likeness (QED) is 0.212. The maximum absolute atomic E-state index is 5.03. The first-order valence-corrected chi connectivity index (χ1v) is 14.0. The van der Waals surface area contributed by atoms with Crippen LogP contribution in [0.15, 0.2) is 164 Å². The van der Waals surface area contributed by atoms with Crippen molar-refractivity contribution in [2.75, 3.05) is 0 Å². The molecule has 0 N–H and O–H groups in total. The number of hydrogen-bond acceptors (Lipinski definition) is 3. The van der Waals surface area contributed by atoms with Crippen molar-refractivity contribution in [2.45, 2.75) is 0 Å². The molecule has 7 aromatic rings. The second kappa shape index (κ2) is 11.4. The van der Waals surface area contributed by atoms with Gasteiger partial charge >= 0.3 is 0 Å². The summed E-state index contributed by atoms with van der Waals surface area (Å²) in [6.45, 7) is 0. The molecule has 0 aliphatic heterocycles. The first-order chi connectivity index (χ1) is 20.8. The minimum Gasteiger partial charge on any atom is -0.265 e. The molecule has 0 radical (unpaired) electrons. The highest BCUT2D eigenvalue weighted by molar-refractivity contribution is 5.78. The molecule has 0 spiro atoms. The molecule has 0 atom stereocenters. The predicted octanol–water partition coefficient (Wildman–Crippen LogP) is 9.87. The summed E-state index contributed by atoms with van der Waals surface area (Å²) >= 11 is 0. The monoisotopic (exact) mass is 537 g/mol. The highest BCUT2D eigenvalue weighted by atomic mass is 14.9. The molecule has 0 aliphatic carbocycles. The van der Waals surface area contributed by atoms with Gasteiger partial charge in [0.05, 0.1) is 11.4 Å². The summed E-state index contributed by atoms with van der Waals surface area (Å²) in [5, 5.41) is 0. The third kappa shape index (κ3) is 5.36. The largest absolute Gasteiger partial charge is 0.265 e. The molecule has 2 heterocycles. The van der Waals surface area contributed by atoms with Gasteiger partial charge in [-0.3, -0.25) is 4.98 Å². The number of aromatic nitrogens is 3. The fraction of sp³-hybridized carbons (Fsp3) is 0. The van der Waals surface area contributed by atoms with Gasteiger partial charge in [-0.2, -0.15) is 0 Å². The van der Waals surface area contributed by atoms with E-state index in [2.05, 4.69) is 132 Å². The van der Waals surface area contributed by atoms with E-state index in [4.69, 9.17) is 9.97 Å². The Bertz CT molecular complexity index is 1950. The minimum atomic E-state index is 0.675. The van der Waals surface area contributed by atoms with Gasteiger partial charge in [-0.1, -0.05) is 121 Å². The second-order valence-corrected chi connectivity index (χ2v) is 10.2. The van der Waals surface area contributed by atoms with Gasteiger partial charge in [-0.05, 0) is 63.7 Å². The van der Waals surface area contributed by atoms with Gasteiger partial charge in [-0.25, -0.2) is 9.97 Å². The predicted molar refractivity (Wildman–Crippen MR) is 172 cm³/mol. The molecule has 0 fully saturated rings. The summed E-state index contributed by atoms with van der Waals surface area (Å²) in [6, 6.07) is 52.7. The van der Waals surface area contributed by atoms with Crippen molar-refractivity contribution in [1.82, 2.24) is 15.0 Å². The van der Waals surface area contributed by atoms with Gasteiger partial charge in [-0.15, -0.1) is 0 Å². The van der Waals surface area contributed by atoms with E-state index in [1.807, 2.05) is 24.3 Å². The van der Waals surface area contributed by atoms with Gasteiger partial charge < -0.3 is 0 Å². The zero-order chi connectivity index (χ0) is 28.1. The number of rotatable bonds is 6. The van der Waals surface area contributed by atoms with Gasteiger partial charge in [0.1, 0.15) is 0 Å². The highest BCUT2D eigenvalue weighted by Gasteiger charge is 2.12.